The molecule has 0 saturated carbocycles. The molecule has 0 atom stereocenters. The Morgan fingerprint density at radius 2 is 2.03 bits per heavy atom. The maximum Gasteiger partial charge on any atom is 0.336 e. The molecule has 32 heavy (non-hydrogen) atoms. The summed E-state index contributed by atoms with van der Waals surface area (Å²) in [5.41, 5.74) is 6.60. The first-order valence-corrected chi connectivity index (χ1v) is 10.3. The summed E-state index contributed by atoms with van der Waals surface area (Å²) in [5, 5.41) is 9.38. The molecule has 0 spiro atoms. The van der Waals surface area contributed by atoms with Crippen LogP contribution in [0.15, 0.2) is 52.4 Å². The Labute approximate surface area is 189 Å². The van der Waals surface area contributed by atoms with Crippen molar-refractivity contribution in [2.24, 2.45) is 0 Å². The number of anilines is 2. The summed E-state index contributed by atoms with van der Waals surface area (Å²) in [6.07, 6.45) is 7.65. The lowest BCUT2D eigenvalue weighted by Gasteiger charge is -2.28. The normalized spacial score (nSPS) is 17.4. The maximum atomic E-state index is 14.1. The Balaban J connectivity index is 1.57. The smallest absolute Gasteiger partial charge is 0.336 e. The number of carboxylic acids is 1. The van der Waals surface area contributed by atoms with Crippen molar-refractivity contribution in [2.75, 3.05) is 36.6 Å². The second kappa shape index (κ2) is 10.9. The number of ketones is 1. The van der Waals surface area contributed by atoms with E-state index in [0.717, 1.165) is 6.20 Å². The predicted octanol–water partition coefficient (Wildman–Crippen LogP) is 2.70. The molecule has 1 fully saturated rings. The van der Waals surface area contributed by atoms with Crippen LogP contribution < -0.4 is 15.8 Å². The van der Waals surface area contributed by atoms with E-state index in [0.29, 0.717) is 50.3 Å². The number of nitrogens with zero attached hydrogens (tertiary/aromatic N) is 3. The molecule has 9 nitrogen and oxygen atoms in total. The summed E-state index contributed by atoms with van der Waals surface area (Å²) < 4.78 is 19.3. The van der Waals surface area contributed by atoms with Gasteiger partial charge in [-0.3, -0.25) is 10.2 Å². The number of halogens is 2. The summed E-state index contributed by atoms with van der Waals surface area (Å²) in [4.78, 5) is 33.4. The van der Waals surface area contributed by atoms with Crippen molar-refractivity contribution >= 4 is 35.1 Å². The van der Waals surface area contributed by atoms with Gasteiger partial charge in [-0.2, -0.15) is 4.98 Å². The van der Waals surface area contributed by atoms with Crippen LogP contribution in [0.25, 0.3) is 0 Å². The Morgan fingerprint density at radius 3 is 2.75 bits per heavy atom. The summed E-state index contributed by atoms with van der Waals surface area (Å²) in [7, 11) is 0. The molecule has 1 aliphatic heterocycles. The molecule has 1 aromatic heterocycles. The third kappa shape index (κ3) is 6.14. The van der Waals surface area contributed by atoms with E-state index in [4.69, 9.17) is 21.4 Å². The molecule has 2 heterocycles. The van der Waals surface area contributed by atoms with Crippen LogP contribution in [0.4, 0.5) is 16.2 Å². The fourth-order valence-corrected chi connectivity index (χ4v) is 3.30. The standard InChI is InChI=1S/C21H23ClFN5O4/c1-13(2-5-18(29)14-3-4-16(22)15(10-14)20(30)31)11-25-27-21-24-12-17(23)19(26-21)28-6-8-32-9-7-28/h2,5,10-12,25H,3-4,6-9H2,1H3,(H,30,31)(H,24,26,27). The number of ether oxygens (including phenoxy) is 1. The van der Waals surface area contributed by atoms with Crippen molar-refractivity contribution in [3.8, 4) is 0 Å². The molecule has 1 aliphatic carbocycles. The van der Waals surface area contributed by atoms with Crippen molar-refractivity contribution in [3.05, 3.63) is 58.2 Å². The molecule has 11 heteroatoms. The lowest BCUT2D eigenvalue weighted by atomic mass is 9.95. The van der Waals surface area contributed by atoms with Gasteiger partial charge in [0, 0.05) is 29.9 Å². The van der Waals surface area contributed by atoms with E-state index in [1.54, 1.807) is 24.1 Å². The summed E-state index contributed by atoms with van der Waals surface area (Å²) >= 11 is 5.91. The molecule has 0 radical (unpaired) electrons. The van der Waals surface area contributed by atoms with Crippen LogP contribution in [-0.2, 0) is 14.3 Å². The highest BCUT2D eigenvalue weighted by Gasteiger charge is 2.20. The molecule has 3 N–H and O–H groups in total. The maximum absolute atomic E-state index is 14.1. The number of nitrogens with one attached hydrogen (secondary N) is 2. The van der Waals surface area contributed by atoms with Gasteiger partial charge in [0.1, 0.15) is 0 Å². The number of morpholine rings is 1. The van der Waals surface area contributed by atoms with Crippen LogP contribution >= 0.6 is 11.6 Å². The highest BCUT2D eigenvalue weighted by atomic mass is 35.5. The first kappa shape index (κ1) is 23.4. The highest BCUT2D eigenvalue weighted by molar-refractivity contribution is 6.32. The highest BCUT2D eigenvalue weighted by Crippen LogP contribution is 2.27. The van der Waals surface area contributed by atoms with E-state index in [9.17, 15) is 14.0 Å². The number of aromatic nitrogens is 2. The first-order valence-electron chi connectivity index (χ1n) is 9.93. The zero-order valence-electron chi connectivity index (χ0n) is 17.4. The van der Waals surface area contributed by atoms with Crippen LogP contribution in [0.2, 0.25) is 0 Å². The van der Waals surface area contributed by atoms with Gasteiger partial charge >= 0.3 is 5.97 Å². The number of allylic oxidation sites excluding steroid dienone is 5. The average molecular weight is 464 g/mol. The lowest BCUT2D eigenvalue weighted by Crippen LogP contribution is -2.37. The van der Waals surface area contributed by atoms with Gasteiger partial charge in [0.25, 0.3) is 0 Å². The molecule has 1 aromatic rings. The van der Waals surface area contributed by atoms with Gasteiger partial charge in [0.05, 0.1) is 25.0 Å². The third-order valence-electron chi connectivity index (χ3n) is 4.79. The van der Waals surface area contributed by atoms with E-state index in [-0.39, 0.29) is 28.2 Å². The van der Waals surface area contributed by atoms with Crippen LogP contribution in [0.1, 0.15) is 19.8 Å². The van der Waals surface area contributed by atoms with E-state index in [1.165, 1.54) is 12.2 Å². The van der Waals surface area contributed by atoms with Crippen LogP contribution in [0.5, 0.6) is 0 Å². The van der Waals surface area contributed by atoms with Crippen molar-refractivity contribution in [3.63, 3.8) is 0 Å². The minimum atomic E-state index is -1.16. The first-order chi connectivity index (χ1) is 15.3. The Morgan fingerprint density at radius 1 is 1.28 bits per heavy atom. The number of carbonyl (C=O) groups excluding carboxylic acids is 1. The molecule has 2 aliphatic rings. The van der Waals surface area contributed by atoms with E-state index < -0.39 is 11.8 Å². The monoisotopic (exact) mass is 463 g/mol. The number of hydrazine groups is 1. The lowest BCUT2D eigenvalue weighted by molar-refractivity contribution is -0.132. The fraction of sp³-hybridized carbons (Fsp3) is 0.333. The van der Waals surface area contributed by atoms with E-state index in [2.05, 4.69) is 20.8 Å². The molecule has 0 bridgehead atoms. The van der Waals surface area contributed by atoms with Crippen molar-refractivity contribution < 1.29 is 23.8 Å². The molecule has 3 rings (SSSR count). The van der Waals surface area contributed by atoms with Gasteiger partial charge in [-0.05, 0) is 37.5 Å². The summed E-state index contributed by atoms with van der Waals surface area (Å²) in [5.74, 6) is -1.56. The molecular weight excluding hydrogens is 441 g/mol. The third-order valence-corrected chi connectivity index (χ3v) is 5.18. The number of carboxylic acid groups (broad SMARTS) is 1. The molecule has 0 amide bonds. The second-order valence-corrected chi connectivity index (χ2v) is 7.57. The molecule has 170 valence electrons. The van der Waals surface area contributed by atoms with Gasteiger partial charge in [-0.1, -0.05) is 17.7 Å². The number of aliphatic carboxylic acids is 1. The largest absolute Gasteiger partial charge is 0.478 e. The van der Waals surface area contributed by atoms with Gasteiger partial charge in [-0.25, -0.2) is 14.2 Å². The minimum absolute atomic E-state index is 0.0523. The Hall–Kier alpha value is -3.24. The summed E-state index contributed by atoms with van der Waals surface area (Å²) in [6.45, 7) is 3.87. The minimum Gasteiger partial charge on any atom is -0.478 e. The van der Waals surface area contributed by atoms with Crippen LogP contribution in [-0.4, -0.2) is 53.1 Å². The Bertz CT molecular complexity index is 1020. The van der Waals surface area contributed by atoms with Crippen molar-refractivity contribution in [1.82, 2.24) is 15.4 Å². The van der Waals surface area contributed by atoms with E-state index >= 15 is 0 Å². The van der Waals surface area contributed by atoms with Gasteiger partial charge < -0.3 is 20.2 Å². The zero-order chi connectivity index (χ0) is 23.1. The molecule has 0 unspecified atom stereocenters. The zero-order valence-corrected chi connectivity index (χ0v) is 18.2. The fourth-order valence-electron chi connectivity index (χ4n) is 3.07. The van der Waals surface area contributed by atoms with Crippen LogP contribution in [0, 0.1) is 5.82 Å². The van der Waals surface area contributed by atoms with Gasteiger partial charge in [0.2, 0.25) is 5.95 Å². The number of hydrogen-bond acceptors (Lipinski definition) is 8. The Kier molecular flexibility index (Phi) is 7.96. The predicted molar refractivity (Wildman–Crippen MR) is 118 cm³/mol. The number of hydrogen-bond donors (Lipinski definition) is 3. The molecule has 0 aromatic carbocycles. The topological polar surface area (TPSA) is 117 Å². The molecule has 1 saturated heterocycles. The molecular formula is C21H23ClFN5O4. The second-order valence-electron chi connectivity index (χ2n) is 7.11. The quantitative estimate of drug-likeness (QED) is 0.304. The number of rotatable bonds is 8. The van der Waals surface area contributed by atoms with Crippen molar-refractivity contribution in [2.45, 2.75) is 19.8 Å². The van der Waals surface area contributed by atoms with E-state index in [1.807, 2.05) is 0 Å². The summed E-state index contributed by atoms with van der Waals surface area (Å²) in [6, 6.07) is 0. The van der Waals surface area contributed by atoms with Gasteiger partial charge in [0.15, 0.2) is 17.4 Å². The average Bonchev–Trinajstić information content (AvgIpc) is 2.79. The van der Waals surface area contributed by atoms with Crippen molar-refractivity contribution in [1.29, 1.82) is 0 Å². The van der Waals surface area contributed by atoms with Crippen LogP contribution in [0.3, 0.4) is 0 Å². The number of carbonyl (C=O) groups is 2. The SMILES string of the molecule is CC(C=CC(=O)C1=CC(C(=O)O)=C(Cl)CC1)=CNNc1ncc(F)c(N2CCOCC2)n1. The van der Waals surface area contributed by atoms with Gasteiger partial charge in [-0.15, -0.1) is 0 Å².